The van der Waals surface area contributed by atoms with Gasteiger partial charge in [0.05, 0.1) is 0 Å². The molecule has 0 aromatic rings. The summed E-state index contributed by atoms with van der Waals surface area (Å²) in [7, 11) is 0. The van der Waals surface area contributed by atoms with Gasteiger partial charge in [0.1, 0.15) is 0 Å². The summed E-state index contributed by atoms with van der Waals surface area (Å²) >= 11 is 5.26. The molecule has 1 rings (SSSR count). The Morgan fingerprint density at radius 1 is 0.583 bits per heavy atom. The van der Waals surface area contributed by atoms with E-state index >= 15 is 0 Å². The predicted octanol–water partition coefficient (Wildman–Crippen LogP) is 4.73. The topological polar surface area (TPSA) is 0 Å². The van der Waals surface area contributed by atoms with E-state index in [1.54, 1.807) is 0 Å². The summed E-state index contributed by atoms with van der Waals surface area (Å²) in [5.41, 5.74) is 0. The van der Waals surface area contributed by atoms with E-state index in [2.05, 4.69) is 45.2 Å². The Balaban J connectivity index is 2.20. The molecule has 0 bridgehead atoms. The maximum atomic E-state index is 2.63. The molecule has 2 heteroatoms. The monoisotopic (exact) mass is 392 g/mol. The van der Waals surface area contributed by atoms with Gasteiger partial charge in [-0.25, -0.2) is 0 Å². The van der Waals surface area contributed by atoms with Crippen molar-refractivity contribution in [3.05, 3.63) is 0 Å². The molecule has 0 spiro atoms. The van der Waals surface area contributed by atoms with Crippen molar-refractivity contribution in [1.29, 1.82) is 0 Å². The molecule has 0 atom stereocenters. The van der Waals surface area contributed by atoms with Gasteiger partial charge in [-0.05, 0) is 25.7 Å². The molecule has 1 aliphatic carbocycles. The van der Waals surface area contributed by atoms with Gasteiger partial charge in [0, 0.05) is 7.85 Å². The van der Waals surface area contributed by atoms with Gasteiger partial charge in [0.15, 0.2) is 0 Å². The quantitative estimate of drug-likeness (QED) is 0.413. The molecule has 0 radical (unpaired) electrons. The molecule has 0 unspecified atom stereocenters. The lowest BCUT2D eigenvalue weighted by atomic mass is 10.0. The Morgan fingerprint density at radius 3 is 1.08 bits per heavy atom. The number of hydrogen-bond donors (Lipinski definition) is 0. The molecule has 1 aliphatic rings. The average molecular weight is 392 g/mol. The molecular formula is C10H18I2. The van der Waals surface area contributed by atoms with Crippen LogP contribution in [0.25, 0.3) is 0 Å². The van der Waals surface area contributed by atoms with Crippen molar-refractivity contribution in [2.75, 3.05) is 0 Å². The number of rotatable bonds is 0. The zero-order valence-electron chi connectivity index (χ0n) is 7.57. The Morgan fingerprint density at radius 2 is 0.833 bits per heavy atom. The highest BCUT2D eigenvalue weighted by Gasteiger charge is 2.09. The molecule has 0 N–H and O–H groups in total. The first-order chi connectivity index (χ1) is 5.79. The molecule has 0 nitrogen and oxygen atoms in total. The Kier molecular flexibility index (Phi) is 6.58. The first-order valence-electron chi connectivity index (χ1n) is 5.07. The standard InChI is InChI=1S/C10H18I2/c11-9-5-1-2-6-10(12)8-4-3-7-9/h9-10H,1-8H2. The fraction of sp³-hybridized carbons (Fsp3) is 1.00. The smallest absolute Gasteiger partial charge is 0.0110 e. The molecule has 12 heavy (non-hydrogen) atoms. The van der Waals surface area contributed by atoms with Gasteiger partial charge in [-0.2, -0.15) is 0 Å². The van der Waals surface area contributed by atoms with Crippen molar-refractivity contribution in [2.24, 2.45) is 0 Å². The third-order valence-electron chi connectivity index (χ3n) is 2.57. The third-order valence-corrected chi connectivity index (χ3v) is 5.06. The summed E-state index contributed by atoms with van der Waals surface area (Å²) in [5, 5.41) is 0. The van der Waals surface area contributed by atoms with Gasteiger partial charge < -0.3 is 0 Å². The van der Waals surface area contributed by atoms with Crippen molar-refractivity contribution in [1.82, 2.24) is 0 Å². The van der Waals surface area contributed by atoms with E-state index in [4.69, 9.17) is 0 Å². The van der Waals surface area contributed by atoms with Crippen LogP contribution < -0.4 is 0 Å². The molecule has 1 fully saturated rings. The lowest BCUT2D eigenvalue weighted by Crippen LogP contribution is -2.04. The van der Waals surface area contributed by atoms with Gasteiger partial charge >= 0.3 is 0 Å². The molecule has 0 aromatic carbocycles. The van der Waals surface area contributed by atoms with Crippen LogP contribution in [0.4, 0.5) is 0 Å². The summed E-state index contributed by atoms with van der Waals surface area (Å²) < 4.78 is 1.93. The molecule has 0 heterocycles. The predicted molar refractivity (Wildman–Crippen MR) is 72.6 cm³/mol. The zero-order valence-corrected chi connectivity index (χ0v) is 11.9. The van der Waals surface area contributed by atoms with Gasteiger partial charge in [-0.15, -0.1) is 0 Å². The van der Waals surface area contributed by atoms with Crippen LogP contribution in [0.5, 0.6) is 0 Å². The minimum atomic E-state index is 0.966. The summed E-state index contributed by atoms with van der Waals surface area (Å²) in [5.74, 6) is 0. The van der Waals surface area contributed by atoms with Crippen LogP contribution in [0.1, 0.15) is 51.4 Å². The molecule has 0 aromatic heterocycles. The molecule has 0 aliphatic heterocycles. The Hall–Kier alpha value is 1.46. The third kappa shape index (κ3) is 5.25. The van der Waals surface area contributed by atoms with Gasteiger partial charge in [0.2, 0.25) is 0 Å². The van der Waals surface area contributed by atoms with E-state index in [9.17, 15) is 0 Å². The maximum absolute atomic E-state index is 2.63. The van der Waals surface area contributed by atoms with Crippen LogP contribution in [-0.4, -0.2) is 7.85 Å². The van der Waals surface area contributed by atoms with Crippen molar-refractivity contribution < 1.29 is 0 Å². The number of hydrogen-bond acceptors (Lipinski definition) is 0. The minimum Gasteiger partial charge on any atom is -0.0826 e. The van der Waals surface area contributed by atoms with Crippen molar-refractivity contribution in [3.8, 4) is 0 Å². The zero-order chi connectivity index (χ0) is 8.81. The van der Waals surface area contributed by atoms with Crippen molar-refractivity contribution >= 4 is 45.2 Å². The van der Waals surface area contributed by atoms with E-state index in [-0.39, 0.29) is 0 Å². The van der Waals surface area contributed by atoms with Crippen LogP contribution in [-0.2, 0) is 0 Å². The van der Waals surface area contributed by atoms with Gasteiger partial charge in [0.25, 0.3) is 0 Å². The molecule has 0 amide bonds. The summed E-state index contributed by atoms with van der Waals surface area (Å²) in [6.45, 7) is 0. The second-order valence-electron chi connectivity index (χ2n) is 3.76. The Bertz CT molecular complexity index is 88.4. The number of halogens is 2. The highest BCUT2D eigenvalue weighted by Crippen LogP contribution is 2.24. The molecular weight excluding hydrogens is 374 g/mol. The van der Waals surface area contributed by atoms with E-state index in [0.29, 0.717) is 0 Å². The van der Waals surface area contributed by atoms with Crippen LogP contribution in [0.15, 0.2) is 0 Å². The molecule has 0 saturated heterocycles. The van der Waals surface area contributed by atoms with Crippen LogP contribution >= 0.6 is 45.2 Å². The second kappa shape index (κ2) is 6.85. The minimum absolute atomic E-state index is 0.966. The van der Waals surface area contributed by atoms with Crippen molar-refractivity contribution in [2.45, 2.75) is 59.2 Å². The second-order valence-corrected chi connectivity index (χ2v) is 7.29. The van der Waals surface area contributed by atoms with E-state index < -0.39 is 0 Å². The van der Waals surface area contributed by atoms with E-state index in [1.165, 1.54) is 51.4 Å². The summed E-state index contributed by atoms with van der Waals surface area (Å²) in [4.78, 5) is 0. The first-order valence-corrected chi connectivity index (χ1v) is 7.56. The largest absolute Gasteiger partial charge is 0.0826 e. The van der Waals surface area contributed by atoms with Crippen LogP contribution in [0, 0.1) is 0 Å². The van der Waals surface area contributed by atoms with Gasteiger partial charge in [-0.1, -0.05) is 70.9 Å². The van der Waals surface area contributed by atoms with Crippen LogP contribution in [0.3, 0.4) is 0 Å². The first kappa shape index (κ1) is 11.5. The van der Waals surface area contributed by atoms with E-state index in [1.807, 2.05) is 0 Å². The Labute approximate surface area is 104 Å². The van der Waals surface area contributed by atoms with Crippen LogP contribution in [0.2, 0.25) is 0 Å². The molecule has 1 saturated carbocycles. The van der Waals surface area contributed by atoms with Gasteiger partial charge in [-0.3, -0.25) is 0 Å². The average Bonchev–Trinajstić information content (AvgIpc) is 2.06. The highest BCUT2D eigenvalue weighted by molar-refractivity contribution is 14.1. The van der Waals surface area contributed by atoms with E-state index in [0.717, 1.165) is 7.85 Å². The number of alkyl halides is 2. The fourth-order valence-corrected chi connectivity index (χ4v) is 3.51. The molecule has 72 valence electrons. The highest BCUT2D eigenvalue weighted by atomic mass is 127. The summed E-state index contributed by atoms with van der Waals surface area (Å²) in [6.07, 6.45) is 11.7. The lowest BCUT2D eigenvalue weighted by Gasteiger charge is -2.15. The van der Waals surface area contributed by atoms with Crippen molar-refractivity contribution in [3.63, 3.8) is 0 Å². The maximum Gasteiger partial charge on any atom is 0.0110 e. The summed E-state index contributed by atoms with van der Waals surface area (Å²) in [6, 6.07) is 0. The lowest BCUT2D eigenvalue weighted by molar-refractivity contribution is 0.533. The normalized spacial score (nSPS) is 34.5. The fourth-order valence-electron chi connectivity index (χ4n) is 1.75. The SMILES string of the molecule is IC1CCCCC(I)CCCC1.